The van der Waals surface area contributed by atoms with E-state index in [2.05, 4.69) is 32.3 Å². The van der Waals surface area contributed by atoms with Gasteiger partial charge in [0.2, 0.25) is 0 Å². The average Bonchev–Trinajstić information content (AvgIpc) is 2.86. The molecule has 1 aliphatic rings. The lowest BCUT2D eigenvalue weighted by Gasteiger charge is -2.33. The number of quaternary nitrogens is 1. The smallest absolute Gasteiger partial charge is 0.146 e. The average molecular weight is 356 g/mol. The van der Waals surface area contributed by atoms with Crippen molar-refractivity contribution in [3.05, 3.63) is 50.9 Å². The zero-order valence-electron chi connectivity index (χ0n) is 11.1. The highest BCUT2D eigenvalue weighted by atomic mass is 79.9. The second-order valence-corrected chi connectivity index (χ2v) is 7.01. The molecule has 2 aromatic rings. The number of para-hydroxylation sites is 1. The summed E-state index contributed by atoms with van der Waals surface area (Å²) in [7, 11) is 0. The summed E-state index contributed by atoms with van der Waals surface area (Å²) in [5.41, 5.74) is 0.741. The molecular formula is C15H17BrFN2S+. The Morgan fingerprint density at radius 3 is 2.65 bits per heavy atom. The Morgan fingerprint density at radius 1 is 1.25 bits per heavy atom. The molecule has 2 nitrogen and oxygen atoms in total. The molecule has 0 saturated carbocycles. The van der Waals surface area contributed by atoms with Crippen LogP contribution in [0.1, 0.15) is 4.88 Å². The highest BCUT2D eigenvalue weighted by molar-refractivity contribution is 9.10. The van der Waals surface area contributed by atoms with Gasteiger partial charge in [0, 0.05) is 9.85 Å². The molecule has 0 amide bonds. The molecule has 0 atom stereocenters. The number of rotatable bonds is 3. The van der Waals surface area contributed by atoms with E-state index in [1.165, 1.54) is 15.4 Å². The third-order valence-corrected chi connectivity index (χ3v) is 5.41. The molecule has 0 radical (unpaired) electrons. The van der Waals surface area contributed by atoms with Gasteiger partial charge in [0.25, 0.3) is 0 Å². The maximum Gasteiger partial charge on any atom is 0.146 e. The SMILES string of the molecule is Fc1ccccc1N1CC[NH+](Cc2cc(Br)cs2)CC1. The van der Waals surface area contributed by atoms with E-state index in [1.54, 1.807) is 22.3 Å². The van der Waals surface area contributed by atoms with Crippen LogP contribution in [0.3, 0.4) is 0 Å². The normalized spacial score (nSPS) is 16.6. The molecule has 1 aromatic carbocycles. The minimum atomic E-state index is -0.113. The standard InChI is InChI=1S/C15H16BrFN2S/c16-12-9-13(20-11-12)10-18-5-7-19(8-6-18)15-4-2-1-3-14(15)17/h1-4,9,11H,5-8,10H2/p+1. The van der Waals surface area contributed by atoms with Crippen LogP contribution in [0.15, 0.2) is 40.2 Å². The largest absolute Gasteiger partial charge is 0.358 e. The van der Waals surface area contributed by atoms with E-state index in [9.17, 15) is 4.39 Å². The molecule has 0 aliphatic carbocycles. The molecule has 106 valence electrons. The van der Waals surface area contributed by atoms with Gasteiger partial charge in [-0.3, -0.25) is 0 Å². The Morgan fingerprint density at radius 2 is 2.00 bits per heavy atom. The lowest BCUT2D eigenvalue weighted by molar-refractivity contribution is -0.914. The van der Waals surface area contributed by atoms with Crippen molar-refractivity contribution in [2.45, 2.75) is 6.54 Å². The van der Waals surface area contributed by atoms with Gasteiger partial charge in [-0.05, 0) is 34.1 Å². The van der Waals surface area contributed by atoms with Crippen molar-refractivity contribution in [3.63, 3.8) is 0 Å². The summed E-state index contributed by atoms with van der Waals surface area (Å²) in [6.45, 7) is 5.03. The fourth-order valence-corrected chi connectivity index (χ4v) is 4.16. The van der Waals surface area contributed by atoms with Gasteiger partial charge in [0.1, 0.15) is 12.4 Å². The van der Waals surface area contributed by atoms with Crippen molar-refractivity contribution in [1.29, 1.82) is 0 Å². The van der Waals surface area contributed by atoms with Crippen molar-refractivity contribution in [1.82, 2.24) is 0 Å². The van der Waals surface area contributed by atoms with Crippen molar-refractivity contribution >= 4 is 33.0 Å². The van der Waals surface area contributed by atoms with Gasteiger partial charge in [0.05, 0.1) is 36.7 Å². The lowest BCUT2D eigenvalue weighted by Crippen LogP contribution is -3.13. The van der Waals surface area contributed by atoms with Crippen molar-refractivity contribution in [2.75, 3.05) is 31.1 Å². The third kappa shape index (κ3) is 3.22. The molecule has 1 saturated heterocycles. The fraction of sp³-hybridized carbons (Fsp3) is 0.333. The minimum Gasteiger partial charge on any atom is -0.358 e. The van der Waals surface area contributed by atoms with Crippen LogP contribution in [0, 0.1) is 5.82 Å². The molecule has 1 N–H and O–H groups in total. The predicted octanol–water partition coefficient (Wildman–Crippen LogP) is 2.55. The molecule has 20 heavy (non-hydrogen) atoms. The molecule has 1 aromatic heterocycles. The first kappa shape index (κ1) is 14.0. The van der Waals surface area contributed by atoms with E-state index in [4.69, 9.17) is 0 Å². The van der Waals surface area contributed by atoms with Gasteiger partial charge >= 0.3 is 0 Å². The van der Waals surface area contributed by atoms with E-state index >= 15 is 0 Å². The molecular weight excluding hydrogens is 339 g/mol. The molecule has 2 heterocycles. The zero-order chi connectivity index (χ0) is 13.9. The summed E-state index contributed by atoms with van der Waals surface area (Å²) >= 11 is 5.30. The summed E-state index contributed by atoms with van der Waals surface area (Å²) in [5.74, 6) is -0.113. The second-order valence-electron chi connectivity index (χ2n) is 5.10. The zero-order valence-corrected chi connectivity index (χ0v) is 13.5. The summed E-state index contributed by atoms with van der Waals surface area (Å²) in [4.78, 5) is 5.14. The summed E-state index contributed by atoms with van der Waals surface area (Å²) in [6, 6.07) is 9.26. The van der Waals surface area contributed by atoms with Crippen LogP contribution in [-0.2, 0) is 6.54 Å². The van der Waals surface area contributed by atoms with E-state index in [0.29, 0.717) is 0 Å². The van der Waals surface area contributed by atoms with Crippen LogP contribution in [0.2, 0.25) is 0 Å². The maximum absolute atomic E-state index is 13.8. The summed E-state index contributed by atoms with van der Waals surface area (Å²) in [6.07, 6.45) is 0. The molecule has 3 rings (SSSR count). The molecule has 5 heteroatoms. The highest BCUT2D eigenvalue weighted by Crippen LogP contribution is 2.20. The molecule has 0 spiro atoms. The fourth-order valence-electron chi connectivity index (χ4n) is 2.64. The van der Waals surface area contributed by atoms with Crippen LogP contribution in [0.4, 0.5) is 10.1 Å². The molecule has 0 bridgehead atoms. The predicted molar refractivity (Wildman–Crippen MR) is 85.0 cm³/mol. The Bertz CT molecular complexity index is 579. The number of nitrogens with zero attached hydrogens (tertiary/aromatic N) is 1. The topological polar surface area (TPSA) is 7.68 Å². The van der Waals surface area contributed by atoms with Crippen molar-refractivity contribution in [2.24, 2.45) is 0 Å². The minimum absolute atomic E-state index is 0.113. The number of piperazine rings is 1. The number of hydrogen-bond donors (Lipinski definition) is 1. The first-order valence-corrected chi connectivity index (χ1v) is 8.45. The highest BCUT2D eigenvalue weighted by Gasteiger charge is 2.22. The van der Waals surface area contributed by atoms with Crippen molar-refractivity contribution in [3.8, 4) is 0 Å². The van der Waals surface area contributed by atoms with Gasteiger partial charge in [-0.2, -0.15) is 0 Å². The summed E-state index contributed by atoms with van der Waals surface area (Å²) in [5, 5.41) is 2.13. The first-order valence-electron chi connectivity index (χ1n) is 6.78. The van der Waals surface area contributed by atoms with Crippen LogP contribution < -0.4 is 9.80 Å². The lowest BCUT2D eigenvalue weighted by atomic mass is 10.2. The number of thiophene rings is 1. The number of anilines is 1. The quantitative estimate of drug-likeness (QED) is 0.888. The van der Waals surface area contributed by atoms with Gasteiger partial charge < -0.3 is 9.80 Å². The Hall–Kier alpha value is -0.910. The van der Waals surface area contributed by atoms with E-state index in [1.807, 2.05) is 12.1 Å². The van der Waals surface area contributed by atoms with Crippen LogP contribution in [0.25, 0.3) is 0 Å². The van der Waals surface area contributed by atoms with E-state index in [-0.39, 0.29) is 5.82 Å². The maximum atomic E-state index is 13.8. The number of hydrogen-bond acceptors (Lipinski definition) is 2. The first-order chi connectivity index (χ1) is 9.72. The van der Waals surface area contributed by atoms with Crippen molar-refractivity contribution < 1.29 is 9.29 Å². The van der Waals surface area contributed by atoms with E-state index < -0.39 is 0 Å². The monoisotopic (exact) mass is 355 g/mol. The molecule has 1 fully saturated rings. The summed E-state index contributed by atoms with van der Waals surface area (Å²) < 4.78 is 14.9. The van der Waals surface area contributed by atoms with Gasteiger partial charge in [-0.25, -0.2) is 4.39 Å². The third-order valence-electron chi connectivity index (χ3n) is 3.71. The number of nitrogens with one attached hydrogen (secondary N) is 1. The van der Waals surface area contributed by atoms with Crippen LogP contribution in [-0.4, -0.2) is 26.2 Å². The molecule has 1 aliphatic heterocycles. The van der Waals surface area contributed by atoms with E-state index in [0.717, 1.165) is 38.4 Å². The Balaban J connectivity index is 1.58. The van der Waals surface area contributed by atoms with Crippen LogP contribution in [0.5, 0.6) is 0 Å². The van der Waals surface area contributed by atoms with Crippen LogP contribution >= 0.6 is 27.3 Å². The molecule has 0 unspecified atom stereocenters. The van der Waals surface area contributed by atoms with Gasteiger partial charge in [0.15, 0.2) is 0 Å². The number of halogens is 2. The number of benzene rings is 1. The Labute approximate surface area is 131 Å². The second kappa shape index (κ2) is 6.24. The Kier molecular flexibility index (Phi) is 4.38. The van der Waals surface area contributed by atoms with Gasteiger partial charge in [-0.15, -0.1) is 11.3 Å². The van der Waals surface area contributed by atoms with Gasteiger partial charge in [-0.1, -0.05) is 12.1 Å².